The molecule has 1 heterocycles. The highest BCUT2D eigenvalue weighted by Crippen LogP contribution is 2.35. The molecule has 0 saturated carbocycles. The summed E-state index contributed by atoms with van der Waals surface area (Å²) in [7, 11) is 0. The number of halogens is 1. The molecule has 1 N–H and O–H groups in total. The van der Waals surface area contributed by atoms with Crippen LogP contribution in [0.2, 0.25) is 0 Å². The Kier molecular flexibility index (Phi) is 4.20. The maximum absolute atomic E-state index is 3.68. The Hall–Kier alpha value is -1.16. The molecular weight excluding hydrogens is 330 g/mol. The summed E-state index contributed by atoms with van der Waals surface area (Å²) in [5.41, 5.74) is 2.65. The van der Waals surface area contributed by atoms with E-state index in [1.165, 1.54) is 21.2 Å². The first-order valence-electron chi connectivity index (χ1n) is 6.75. The van der Waals surface area contributed by atoms with Gasteiger partial charge in [-0.3, -0.25) is 0 Å². The summed E-state index contributed by atoms with van der Waals surface area (Å²) in [4.78, 5) is 0. The Balaban J connectivity index is 2.14. The standard InChI is InChI=1S/C17H16BrNS/c1-2-19-17(13-8-3-5-9-15(13)18)14-11-20-16-10-6-4-7-12(14)16/h3-11,17,19H,2H2,1H3. The van der Waals surface area contributed by atoms with Gasteiger partial charge in [0.05, 0.1) is 6.04 Å². The molecule has 102 valence electrons. The zero-order valence-corrected chi connectivity index (χ0v) is 13.7. The first-order valence-corrected chi connectivity index (χ1v) is 8.42. The summed E-state index contributed by atoms with van der Waals surface area (Å²) < 4.78 is 2.50. The third-order valence-corrected chi connectivity index (χ3v) is 5.15. The number of benzene rings is 2. The first kappa shape index (κ1) is 13.8. The van der Waals surface area contributed by atoms with Crippen molar-refractivity contribution in [1.82, 2.24) is 5.32 Å². The minimum atomic E-state index is 0.228. The third kappa shape index (κ3) is 2.53. The highest BCUT2D eigenvalue weighted by Gasteiger charge is 2.18. The Morgan fingerprint density at radius 3 is 2.60 bits per heavy atom. The van der Waals surface area contributed by atoms with Crippen molar-refractivity contribution in [1.29, 1.82) is 0 Å². The monoisotopic (exact) mass is 345 g/mol. The van der Waals surface area contributed by atoms with Crippen molar-refractivity contribution >= 4 is 37.4 Å². The molecule has 0 fully saturated rings. The van der Waals surface area contributed by atoms with Gasteiger partial charge < -0.3 is 5.32 Å². The SMILES string of the molecule is CCNC(c1ccccc1Br)c1csc2ccccc12. The molecule has 1 unspecified atom stereocenters. The van der Waals surface area contributed by atoms with E-state index in [0.29, 0.717) is 0 Å². The van der Waals surface area contributed by atoms with Crippen LogP contribution in [0.4, 0.5) is 0 Å². The molecule has 0 aliphatic carbocycles. The fourth-order valence-electron chi connectivity index (χ4n) is 2.52. The van der Waals surface area contributed by atoms with E-state index in [9.17, 15) is 0 Å². The lowest BCUT2D eigenvalue weighted by Gasteiger charge is -2.19. The van der Waals surface area contributed by atoms with E-state index >= 15 is 0 Å². The van der Waals surface area contributed by atoms with Gasteiger partial charge in [0.25, 0.3) is 0 Å². The van der Waals surface area contributed by atoms with Crippen LogP contribution in [0.15, 0.2) is 58.4 Å². The Morgan fingerprint density at radius 2 is 1.80 bits per heavy atom. The number of hydrogen-bond acceptors (Lipinski definition) is 2. The molecule has 3 rings (SSSR count). The number of rotatable bonds is 4. The Morgan fingerprint density at radius 1 is 1.05 bits per heavy atom. The molecule has 20 heavy (non-hydrogen) atoms. The van der Waals surface area contributed by atoms with Crippen LogP contribution in [0.25, 0.3) is 10.1 Å². The highest BCUT2D eigenvalue weighted by atomic mass is 79.9. The van der Waals surface area contributed by atoms with Crippen LogP contribution in [0, 0.1) is 0 Å². The van der Waals surface area contributed by atoms with Crippen LogP contribution in [0.5, 0.6) is 0 Å². The predicted octanol–water partition coefficient (Wildman–Crippen LogP) is 5.36. The number of hydrogen-bond donors (Lipinski definition) is 1. The van der Waals surface area contributed by atoms with E-state index < -0.39 is 0 Å². The van der Waals surface area contributed by atoms with Gasteiger partial charge in [-0.15, -0.1) is 11.3 Å². The summed E-state index contributed by atoms with van der Waals surface area (Å²) in [6.45, 7) is 3.09. The van der Waals surface area contributed by atoms with E-state index in [2.05, 4.69) is 82.1 Å². The van der Waals surface area contributed by atoms with Gasteiger partial charge in [0.15, 0.2) is 0 Å². The summed E-state index contributed by atoms with van der Waals surface area (Å²) in [6, 6.07) is 17.3. The van der Waals surface area contributed by atoms with Crippen LogP contribution >= 0.6 is 27.3 Å². The number of nitrogens with one attached hydrogen (secondary N) is 1. The minimum Gasteiger partial charge on any atom is -0.306 e. The fraction of sp³-hybridized carbons (Fsp3) is 0.176. The van der Waals surface area contributed by atoms with Gasteiger partial charge in [-0.2, -0.15) is 0 Å². The Labute approximate surface area is 131 Å². The first-order chi connectivity index (χ1) is 9.81. The van der Waals surface area contributed by atoms with E-state index in [-0.39, 0.29) is 6.04 Å². The van der Waals surface area contributed by atoms with Crippen molar-refractivity contribution in [3.8, 4) is 0 Å². The van der Waals surface area contributed by atoms with E-state index in [1.54, 1.807) is 0 Å². The molecule has 0 bridgehead atoms. The van der Waals surface area contributed by atoms with Gasteiger partial charge >= 0.3 is 0 Å². The molecule has 3 heteroatoms. The van der Waals surface area contributed by atoms with Gasteiger partial charge in [0.2, 0.25) is 0 Å². The van der Waals surface area contributed by atoms with E-state index in [0.717, 1.165) is 11.0 Å². The van der Waals surface area contributed by atoms with Gasteiger partial charge in [0, 0.05) is 9.17 Å². The summed E-state index contributed by atoms with van der Waals surface area (Å²) in [6.07, 6.45) is 0. The van der Waals surface area contributed by atoms with Crippen molar-refractivity contribution < 1.29 is 0 Å². The van der Waals surface area contributed by atoms with Crippen molar-refractivity contribution in [2.75, 3.05) is 6.54 Å². The lowest BCUT2D eigenvalue weighted by Crippen LogP contribution is -2.22. The van der Waals surface area contributed by atoms with Crippen LogP contribution in [0.3, 0.4) is 0 Å². The quantitative estimate of drug-likeness (QED) is 0.670. The molecular formula is C17H16BrNS. The molecule has 0 spiro atoms. The largest absolute Gasteiger partial charge is 0.306 e. The average molecular weight is 346 g/mol. The van der Waals surface area contributed by atoms with Crippen LogP contribution in [-0.4, -0.2) is 6.54 Å². The summed E-state index contributed by atoms with van der Waals surface area (Å²) in [5, 5.41) is 7.23. The van der Waals surface area contributed by atoms with Gasteiger partial charge in [-0.05, 0) is 40.6 Å². The molecule has 2 aromatic carbocycles. The second-order valence-corrected chi connectivity index (χ2v) is 6.46. The minimum absolute atomic E-state index is 0.228. The molecule has 0 aliphatic heterocycles. The van der Waals surface area contributed by atoms with Crippen molar-refractivity contribution in [3.63, 3.8) is 0 Å². The van der Waals surface area contributed by atoms with E-state index in [4.69, 9.17) is 0 Å². The van der Waals surface area contributed by atoms with E-state index in [1.807, 2.05) is 11.3 Å². The van der Waals surface area contributed by atoms with Crippen molar-refractivity contribution in [2.24, 2.45) is 0 Å². The lowest BCUT2D eigenvalue weighted by molar-refractivity contribution is 0.633. The molecule has 1 nitrogen and oxygen atoms in total. The van der Waals surface area contributed by atoms with Gasteiger partial charge in [-0.1, -0.05) is 59.3 Å². The van der Waals surface area contributed by atoms with Crippen LogP contribution < -0.4 is 5.32 Å². The molecule has 3 aromatic rings. The van der Waals surface area contributed by atoms with Crippen molar-refractivity contribution in [3.05, 3.63) is 69.5 Å². The van der Waals surface area contributed by atoms with Crippen LogP contribution in [-0.2, 0) is 0 Å². The van der Waals surface area contributed by atoms with Gasteiger partial charge in [-0.25, -0.2) is 0 Å². The molecule has 1 atom stereocenters. The maximum atomic E-state index is 3.68. The predicted molar refractivity (Wildman–Crippen MR) is 91.5 cm³/mol. The fourth-order valence-corrected chi connectivity index (χ4v) is 4.02. The maximum Gasteiger partial charge on any atom is 0.0602 e. The van der Waals surface area contributed by atoms with Crippen molar-refractivity contribution in [2.45, 2.75) is 13.0 Å². The molecule has 0 amide bonds. The third-order valence-electron chi connectivity index (χ3n) is 3.45. The number of thiophene rings is 1. The lowest BCUT2D eigenvalue weighted by atomic mass is 9.98. The molecule has 0 saturated heterocycles. The second-order valence-electron chi connectivity index (χ2n) is 4.70. The molecule has 0 radical (unpaired) electrons. The zero-order chi connectivity index (χ0) is 13.9. The average Bonchev–Trinajstić information content (AvgIpc) is 2.90. The highest BCUT2D eigenvalue weighted by molar-refractivity contribution is 9.10. The summed E-state index contributed by atoms with van der Waals surface area (Å²) >= 11 is 5.49. The smallest absolute Gasteiger partial charge is 0.0602 e. The normalized spacial score (nSPS) is 12.7. The molecule has 1 aromatic heterocycles. The summed E-state index contributed by atoms with van der Waals surface area (Å²) in [5.74, 6) is 0. The van der Waals surface area contributed by atoms with Gasteiger partial charge in [0.1, 0.15) is 0 Å². The second kappa shape index (κ2) is 6.08. The molecule has 0 aliphatic rings. The Bertz CT molecular complexity index is 720. The topological polar surface area (TPSA) is 12.0 Å². The van der Waals surface area contributed by atoms with Crippen LogP contribution in [0.1, 0.15) is 24.1 Å². The zero-order valence-electron chi connectivity index (χ0n) is 11.3. The number of fused-ring (bicyclic) bond motifs is 1.